The maximum Gasteiger partial charge on any atom is 0.219 e. The Morgan fingerprint density at radius 3 is 2.12 bits per heavy atom. The van der Waals surface area contributed by atoms with Crippen LogP contribution in [0.5, 0.6) is 0 Å². The lowest BCUT2D eigenvalue weighted by Gasteiger charge is -2.18. The minimum Gasteiger partial charge on any atom is -0.352 e. The first-order valence-electron chi connectivity index (χ1n) is 6.25. The molecule has 17 heavy (non-hydrogen) atoms. The average Bonchev–Trinajstić information content (AvgIpc) is 2.25. The highest BCUT2D eigenvalue weighted by Gasteiger charge is 2.10. The van der Waals surface area contributed by atoms with Crippen LogP contribution in [0.2, 0.25) is 0 Å². The van der Waals surface area contributed by atoms with Crippen molar-refractivity contribution in [1.82, 2.24) is 5.32 Å². The van der Waals surface area contributed by atoms with E-state index >= 15 is 0 Å². The Morgan fingerprint density at radius 1 is 1.12 bits per heavy atom. The van der Waals surface area contributed by atoms with E-state index in [0.717, 1.165) is 12.0 Å². The van der Waals surface area contributed by atoms with E-state index in [-0.39, 0.29) is 5.91 Å². The zero-order chi connectivity index (χ0) is 12.9. The standard InChI is InChI=1S/C15H23NO/c1-5-14(17)16-11-13-8-6-12(7-9-13)10-15(2,3)4/h6-9H,5,10-11H2,1-4H3,(H,16,17). The molecule has 0 heterocycles. The second kappa shape index (κ2) is 5.85. The van der Waals surface area contributed by atoms with Gasteiger partial charge in [-0.25, -0.2) is 0 Å². The summed E-state index contributed by atoms with van der Waals surface area (Å²) in [5, 5.41) is 2.88. The van der Waals surface area contributed by atoms with Crippen LogP contribution in [0, 0.1) is 5.41 Å². The molecule has 0 unspecified atom stereocenters. The van der Waals surface area contributed by atoms with Crippen molar-refractivity contribution in [3.8, 4) is 0 Å². The summed E-state index contributed by atoms with van der Waals surface area (Å²) in [5.74, 6) is 0.101. The molecular weight excluding hydrogens is 210 g/mol. The predicted octanol–water partition coefficient (Wildman–Crippen LogP) is 3.30. The van der Waals surface area contributed by atoms with Gasteiger partial charge in [-0.05, 0) is 23.0 Å². The first-order valence-corrected chi connectivity index (χ1v) is 6.25. The minimum absolute atomic E-state index is 0.101. The van der Waals surface area contributed by atoms with Gasteiger partial charge in [-0.2, -0.15) is 0 Å². The number of hydrogen-bond donors (Lipinski definition) is 1. The number of hydrogen-bond acceptors (Lipinski definition) is 1. The second-order valence-electron chi connectivity index (χ2n) is 5.68. The summed E-state index contributed by atoms with van der Waals surface area (Å²) in [4.78, 5) is 11.1. The van der Waals surface area contributed by atoms with Gasteiger partial charge in [0.2, 0.25) is 5.91 Å². The Labute approximate surface area is 104 Å². The summed E-state index contributed by atoms with van der Waals surface area (Å²) in [5.41, 5.74) is 2.82. The molecule has 0 fully saturated rings. The number of rotatable bonds is 4. The van der Waals surface area contributed by atoms with Crippen LogP contribution in [-0.2, 0) is 17.8 Å². The van der Waals surface area contributed by atoms with Gasteiger partial charge in [0.15, 0.2) is 0 Å². The molecule has 1 rings (SSSR count). The van der Waals surface area contributed by atoms with E-state index in [0.29, 0.717) is 18.4 Å². The molecule has 2 heteroatoms. The highest BCUT2D eigenvalue weighted by Crippen LogP contribution is 2.20. The van der Waals surface area contributed by atoms with Gasteiger partial charge in [-0.3, -0.25) is 4.79 Å². The fourth-order valence-corrected chi connectivity index (χ4v) is 1.71. The summed E-state index contributed by atoms with van der Waals surface area (Å²) in [6.45, 7) is 9.21. The van der Waals surface area contributed by atoms with Crippen LogP contribution in [0.3, 0.4) is 0 Å². The van der Waals surface area contributed by atoms with Gasteiger partial charge in [0.1, 0.15) is 0 Å². The Morgan fingerprint density at radius 2 is 1.65 bits per heavy atom. The first-order chi connectivity index (χ1) is 7.90. The van der Waals surface area contributed by atoms with E-state index < -0.39 is 0 Å². The Balaban J connectivity index is 2.53. The highest BCUT2D eigenvalue weighted by atomic mass is 16.1. The Bertz CT molecular complexity index is 360. The number of carbonyl (C=O) groups is 1. The van der Waals surface area contributed by atoms with Crippen LogP contribution in [-0.4, -0.2) is 5.91 Å². The molecule has 0 aliphatic rings. The van der Waals surface area contributed by atoms with Gasteiger partial charge in [-0.15, -0.1) is 0 Å². The fourth-order valence-electron chi connectivity index (χ4n) is 1.71. The van der Waals surface area contributed by atoms with E-state index in [1.165, 1.54) is 5.56 Å². The summed E-state index contributed by atoms with van der Waals surface area (Å²) in [6, 6.07) is 8.49. The molecular formula is C15H23NO. The SMILES string of the molecule is CCC(=O)NCc1ccc(CC(C)(C)C)cc1. The molecule has 0 spiro atoms. The predicted molar refractivity (Wildman–Crippen MR) is 71.7 cm³/mol. The molecule has 0 saturated carbocycles. The zero-order valence-corrected chi connectivity index (χ0v) is 11.3. The van der Waals surface area contributed by atoms with Crippen molar-refractivity contribution in [2.45, 2.75) is 47.1 Å². The van der Waals surface area contributed by atoms with Crippen molar-refractivity contribution in [2.75, 3.05) is 0 Å². The lowest BCUT2D eigenvalue weighted by Crippen LogP contribution is -2.21. The van der Waals surface area contributed by atoms with E-state index in [1.807, 2.05) is 6.92 Å². The third-order valence-corrected chi connectivity index (χ3v) is 2.57. The molecule has 0 aliphatic heterocycles. The number of nitrogens with one attached hydrogen (secondary N) is 1. The van der Waals surface area contributed by atoms with E-state index in [4.69, 9.17) is 0 Å². The van der Waals surface area contributed by atoms with Gasteiger partial charge in [-0.1, -0.05) is 52.0 Å². The van der Waals surface area contributed by atoms with Crippen molar-refractivity contribution in [2.24, 2.45) is 5.41 Å². The molecule has 1 aromatic carbocycles. The van der Waals surface area contributed by atoms with Crippen LogP contribution >= 0.6 is 0 Å². The van der Waals surface area contributed by atoms with Gasteiger partial charge in [0, 0.05) is 13.0 Å². The van der Waals surface area contributed by atoms with Gasteiger partial charge < -0.3 is 5.32 Å². The van der Waals surface area contributed by atoms with E-state index in [2.05, 4.69) is 50.4 Å². The summed E-state index contributed by atoms with van der Waals surface area (Å²) >= 11 is 0. The monoisotopic (exact) mass is 233 g/mol. The smallest absolute Gasteiger partial charge is 0.219 e. The molecule has 0 radical (unpaired) electrons. The molecule has 2 nitrogen and oxygen atoms in total. The molecule has 0 aromatic heterocycles. The minimum atomic E-state index is 0.101. The normalized spacial score (nSPS) is 11.3. The van der Waals surface area contributed by atoms with Crippen LogP contribution < -0.4 is 5.32 Å². The van der Waals surface area contributed by atoms with Crippen LogP contribution in [0.4, 0.5) is 0 Å². The lowest BCUT2D eigenvalue weighted by molar-refractivity contribution is -0.120. The molecule has 94 valence electrons. The second-order valence-corrected chi connectivity index (χ2v) is 5.68. The van der Waals surface area contributed by atoms with Crippen LogP contribution in [0.25, 0.3) is 0 Å². The topological polar surface area (TPSA) is 29.1 Å². The van der Waals surface area contributed by atoms with Crippen molar-refractivity contribution in [3.63, 3.8) is 0 Å². The van der Waals surface area contributed by atoms with Crippen molar-refractivity contribution in [3.05, 3.63) is 35.4 Å². The lowest BCUT2D eigenvalue weighted by atomic mass is 9.88. The van der Waals surface area contributed by atoms with Gasteiger partial charge >= 0.3 is 0 Å². The third kappa shape index (κ3) is 5.53. The van der Waals surface area contributed by atoms with Gasteiger partial charge in [0.25, 0.3) is 0 Å². The number of benzene rings is 1. The Hall–Kier alpha value is -1.31. The molecule has 0 saturated heterocycles. The number of carbonyl (C=O) groups excluding carboxylic acids is 1. The summed E-state index contributed by atoms with van der Waals surface area (Å²) in [6.07, 6.45) is 1.62. The van der Waals surface area contributed by atoms with E-state index in [1.54, 1.807) is 0 Å². The molecule has 0 atom stereocenters. The zero-order valence-electron chi connectivity index (χ0n) is 11.3. The maximum absolute atomic E-state index is 11.1. The summed E-state index contributed by atoms with van der Waals surface area (Å²) < 4.78 is 0. The fraction of sp³-hybridized carbons (Fsp3) is 0.533. The van der Waals surface area contributed by atoms with Crippen molar-refractivity contribution in [1.29, 1.82) is 0 Å². The molecule has 1 amide bonds. The molecule has 0 bridgehead atoms. The third-order valence-electron chi connectivity index (χ3n) is 2.57. The Kier molecular flexibility index (Phi) is 4.73. The van der Waals surface area contributed by atoms with Crippen molar-refractivity contribution < 1.29 is 4.79 Å². The molecule has 1 aromatic rings. The number of amides is 1. The van der Waals surface area contributed by atoms with Crippen molar-refractivity contribution >= 4 is 5.91 Å². The maximum atomic E-state index is 11.1. The highest BCUT2D eigenvalue weighted by molar-refractivity contribution is 5.75. The quantitative estimate of drug-likeness (QED) is 0.849. The van der Waals surface area contributed by atoms with E-state index in [9.17, 15) is 4.79 Å². The van der Waals surface area contributed by atoms with Gasteiger partial charge in [0.05, 0.1) is 0 Å². The molecule has 1 N–H and O–H groups in total. The summed E-state index contributed by atoms with van der Waals surface area (Å²) in [7, 11) is 0. The molecule has 0 aliphatic carbocycles. The van der Waals surface area contributed by atoms with Crippen LogP contribution in [0.15, 0.2) is 24.3 Å². The largest absolute Gasteiger partial charge is 0.352 e. The average molecular weight is 233 g/mol. The van der Waals surface area contributed by atoms with Crippen LogP contribution in [0.1, 0.15) is 45.2 Å². The first kappa shape index (κ1) is 13.8.